The Morgan fingerprint density at radius 3 is 1.73 bits per heavy atom. The van der Waals surface area contributed by atoms with Gasteiger partial charge in [0.2, 0.25) is 0 Å². The Hall–Kier alpha value is -0.480. The lowest BCUT2D eigenvalue weighted by molar-refractivity contribution is -0.355. The van der Waals surface area contributed by atoms with Crippen LogP contribution in [0, 0.1) is 0 Å². The summed E-state index contributed by atoms with van der Waals surface area (Å²) in [4.78, 5) is 0. The molecule has 2 saturated heterocycles. The lowest BCUT2D eigenvalue weighted by Gasteiger charge is -2.45. The highest BCUT2D eigenvalue weighted by molar-refractivity contribution is 4.93. The SMILES string of the molecule is CCO.OCC1OC(OC2C(CO)OC(O)C(O)C2O)C(O)C(O)C1O. The monoisotopic (exact) mass is 388 g/mol. The van der Waals surface area contributed by atoms with Gasteiger partial charge < -0.3 is 60.2 Å². The highest BCUT2D eigenvalue weighted by atomic mass is 16.7. The van der Waals surface area contributed by atoms with Crippen molar-refractivity contribution in [2.45, 2.75) is 68.3 Å². The summed E-state index contributed by atoms with van der Waals surface area (Å²) in [5.41, 5.74) is 0. The number of hydrogen-bond acceptors (Lipinski definition) is 12. The molecule has 0 amide bonds. The van der Waals surface area contributed by atoms with E-state index in [1.807, 2.05) is 0 Å². The smallest absolute Gasteiger partial charge is 0.187 e. The second-order valence-electron chi connectivity index (χ2n) is 5.84. The second kappa shape index (κ2) is 10.8. The minimum atomic E-state index is -1.74. The summed E-state index contributed by atoms with van der Waals surface area (Å²) in [6.07, 6.45) is -15.6. The van der Waals surface area contributed by atoms with Crippen molar-refractivity contribution in [1.29, 1.82) is 0 Å². The maximum Gasteiger partial charge on any atom is 0.187 e. The largest absolute Gasteiger partial charge is 0.397 e. The van der Waals surface area contributed by atoms with Crippen LogP contribution in [0.1, 0.15) is 6.92 Å². The number of aliphatic hydroxyl groups is 9. The van der Waals surface area contributed by atoms with E-state index < -0.39 is 74.6 Å². The average Bonchev–Trinajstić information content (AvgIpc) is 2.62. The molecule has 10 unspecified atom stereocenters. The summed E-state index contributed by atoms with van der Waals surface area (Å²) in [5.74, 6) is 0. The molecule has 2 aliphatic rings. The second-order valence-corrected chi connectivity index (χ2v) is 5.84. The number of rotatable bonds is 4. The van der Waals surface area contributed by atoms with E-state index in [-0.39, 0.29) is 6.61 Å². The molecule has 0 saturated carbocycles. The van der Waals surface area contributed by atoms with E-state index in [1.54, 1.807) is 6.92 Å². The lowest BCUT2D eigenvalue weighted by atomic mass is 9.97. The summed E-state index contributed by atoms with van der Waals surface area (Å²) in [6.45, 7) is 0.586. The van der Waals surface area contributed by atoms with Gasteiger partial charge in [0, 0.05) is 6.61 Å². The molecule has 0 aromatic heterocycles. The molecule has 2 rings (SSSR count). The van der Waals surface area contributed by atoms with E-state index >= 15 is 0 Å². The Bertz CT molecular complexity index is 394. The van der Waals surface area contributed by atoms with Crippen molar-refractivity contribution in [3.05, 3.63) is 0 Å². The van der Waals surface area contributed by atoms with Crippen LogP contribution in [0.5, 0.6) is 0 Å². The molecule has 12 heteroatoms. The fourth-order valence-electron chi connectivity index (χ4n) is 2.57. The standard InChI is InChI=1S/C12H22O11.C2H6O/c13-1-3-5(15)6(16)9(19)12(22-3)23-10-4(2-14)21-11(20)8(18)7(10)17;1-2-3/h3-20H,1-2H2;3H,2H2,1H3. The van der Waals surface area contributed by atoms with Gasteiger partial charge in [-0.25, -0.2) is 0 Å². The number of aliphatic hydroxyl groups excluding tert-OH is 9. The van der Waals surface area contributed by atoms with Gasteiger partial charge in [0.1, 0.15) is 48.8 Å². The number of hydrogen-bond donors (Lipinski definition) is 9. The van der Waals surface area contributed by atoms with Crippen molar-refractivity contribution in [3.8, 4) is 0 Å². The van der Waals surface area contributed by atoms with Gasteiger partial charge in [0.15, 0.2) is 12.6 Å². The fraction of sp³-hybridized carbons (Fsp3) is 1.00. The van der Waals surface area contributed by atoms with Crippen LogP contribution in [0.2, 0.25) is 0 Å². The van der Waals surface area contributed by atoms with Crippen molar-refractivity contribution in [2.24, 2.45) is 0 Å². The van der Waals surface area contributed by atoms with Gasteiger partial charge in [-0.2, -0.15) is 0 Å². The molecule has 0 aromatic rings. The molecule has 26 heavy (non-hydrogen) atoms. The summed E-state index contributed by atoms with van der Waals surface area (Å²) in [5, 5.41) is 84.1. The normalized spacial score (nSPS) is 46.4. The molecule has 0 spiro atoms. The summed E-state index contributed by atoms with van der Waals surface area (Å²) >= 11 is 0. The first-order valence-electron chi connectivity index (χ1n) is 8.10. The molecule has 9 N–H and O–H groups in total. The zero-order chi connectivity index (χ0) is 20.0. The van der Waals surface area contributed by atoms with Gasteiger partial charge in [0.05, 0.1) is 13.2 Å². The van der Waals surface area contributed by atoms with E-state index in [0.717, 1.165) is 0 Å². The summed E-state index contributed by atoms with van der Waals surface area (Å²) < 4.78 is 15.3. The third-order valence-corrected chi connectivity index (χ3v) is 3.98. The van der Waals surface area contributed by atoms with Crippen LogP contribution in [0.4, 0.5) is 0 Å². The Morgan fingerprint density at radius 1 is 0.692 bits per heavy atom. The first-order valence-corrected chi connectivity index (χ1v) is 8.10. The van der Waals surface area contributed by atoms with Crippen molar-refractivity contribution < 1.29 is 60.2 Å². The average molecular weight is 388 g/mol. The van der Waals surface area contributed by atoms with Gasteiger partial charge in [0.25, 0.3) is 0 Å². The Balaban J connectivity index is 0.00000105. The maximum atomic E-state index is 9.94. The molecule has 2 heterocycles. The van der Waals surface area contributed by atoms with Crippen LogP contribution in [0.15, 0.2) is 0 Å². The van der Waals surface area contributed by atoms with Crippen molar-refractivity contribution >= 4 is 0 Å². The molecule has 156 valence electrons. The maximum absolute atomic E-state index is 9.94. The van der Waals surface area contributed by atoms with Gasteiger partial charge in [-0.15, -0.1) is 0 Å². The molecule has 10 atom stereocenters. The molecule has 0 aromatic carbocycles. The molecular weight excluding hydrogens is 360 g/mol. The first-order chi connectivity index (χ1) is 12.2. The Kier molecular flexibility index (Phi) is 9.74. The third kappa shape index (κ3) is 5.28. The molecule has 0 bridgehead atoms. The van der Waals surface area contributed by atoms with E-state index in [1.165, 1.54) is 0 Å². The van der Waals surface area contributed by atoms with Crippen LogP contribution in [0.25, 0.3) is 0 Å². The van der Waals surface area contributed by atoms with Crippen LogP contribution < -0.4 is 0 Å². The van der Waals surface area contributed by atoms with Crippen LogP contribution in [-0.2, 0) is 14.2 Å². The van der Waals surface area contributed by atoms with Gasteiger partial charge >= 0.3 is 0 Å². The van der Waals surface area contributed by atoms with Crippen LogP contribution in [0.3, 0.4) is 0 Å². The zero-order valence-corrected chi connectivity index (χ0v) is 14.1. The molecule has 2 aliphatic heterocycles. The minimum Gasteiger partial charge on any atom is -0.397 e. The third-order valence-electron chi connectivity index (χ3n) is 3.98. The first kappa shape index (κ1) is 23.6. The molecule has 2 fully saturated rings. The zero-order valence-electron chi connectivity index (χ0n) is 14.1. The topological polar surface area (TPSA) is 210 Å². The molecular formula is C14H28O12. The van der Waals surface area contributed by atoms with E-state index in [9.17, 15) is 35.7 Å². The predicted molar refractivity (Wildman–Crippen MR) is 81.4 cm³/mol. The fourth-order valence-corrected chi connectivity index (χ4v) is 2.57. The van der Waals surface area contributed by atoms with Gasteiger partial charge in [-0.05, 0) is 6.92 Å². The summed E-state index contributed by atoms with van der Waals surface area (Å²) in [7, 11) is 0. The predicted octanol–water partition coefficient (Wildman–Crippen LogP) is -5.40. The van der Waals surface area contributed by atoms with Gasteiger partial charge in [-0.1, -0.05) is 0 Å². The van der Waals surface area contributed by atoms with Crippen molar-refractivity contribution in [3.63, 3.8) is 0 Å². The van der Waals surface area contributed by atoms with E-state index in [0.29, 0.717) is 0 Å². The van der Waals surface area contributed by atoms with Crippen LogP contribution in [-0.4, -0.2) is 127 Å². The Labute approximate surface area is 149 Å². The molecule has 0 radical (unpaired) electrons. The van der Waals surface area contributed by atoms with E-state index in [4.69, 9.17) is 24.4 Å². The highest BCUT2D eigenvalue weighted by Crippen LogP contribution is 2.28. The molecule has 0 aliphatic carbocycles. The minimum absolute atomic E-state index is 0.250. The number of ether oxygens (including phenoxy) is 3. The lowest BCUT2D eigenvalue weighted by Crippen LogP contribution is -2.64. The quantitative estimate of drug-likeness (QED) is 0.221. The van der Waals surface area contributed by atoms with E-state index in [2.05, 4.69) is 0 Å². The molecule has 12 nitrogen and oxygen atoms in total. The van der Waals surface area contributed by atoms with Crippen LogP contribution >= 0.6 is 0 Å². The Morgan fingerprint density at radius 2 is 1.23 bits per heavy atom. The van der Waals surface area contributed by atoms with Gasteiger partial charge in [-0.3, -0.25) is 0 Å². The van der Waals surface area contributed by atoms with Crippen molar-refractivity contribution in [2.75, 3.05) is 19.8 Å². The highest BCUT2D eigenvalue weighted by Gasteiger charge is 2.50. The van der Waals surface area contributed by atoms with Crippen molar-refractivity contribution in [1.82, 2.24) is 0 Å². The summed E-state index contributed by atoms with van der Waals surface area (Å²) in [6, 6.07) is 0.